The maximum atomic E-state index is 13.0. The number of hydrogen-bond acceptors (Lipinski definition) is 4. The standard InChI is InChI=1S/C21H34N4O2/c1-27-14-13-24-12-9-19(16-24)15-23-21(26)25(20-5-3-2-4-6-20)17-18-7-10-22-11-8-18/h7-8,10-11,19-20H,2-6,9,12-17H2,1H3,(H,23,26)/t19-/m1/s1. The van der Waals surface area contributed by atoms with Gasteiger partial charge >= 0.3 is 6.03 Å². The average Bonchev–Trinajstić information content (AvgIpc) is 3.18. The molecule has 150 valence electrons. The number of likely N-dealkylation sites (tertiary alicyclic amines) is 1. The zero-order valence-corrected chi connectivity index (χ0v) is 16.6. The average molecular weight is 375 g/mol. The van der Waals surface area contributed by atoms with Gasteiger partial charge in [-0.1, -0.05) is 19.3 Å². The molecule has 0 spiro atoms. The van der Waals surface area contributed by atoms with Crippen molar-refractivity contribution in [1.82, 2.24) is 20.1 Å². The largest absolute Gasteiger partial charge is 0.383 e. The molecule has 3 rings (SSSR count). The fourth-order valence-corrected chi connectivity index (χ4v) is 4.28. The molecule has 0 radical (unpaired) electrons. The van der Waals surface area contributed by atoms with Gasteiger partial charge in [-0.3, -0.25) is 4.98 Å². The van der Waals surface area contributed by atoms with Gasteiger partial charge in [0.1, 0.15) is 0 Å². The number of pyridine rings is 1. The van der Waals surface area contributed by atoms with Crippen molar-refractivity contribution in [2.45, 2.75) is 51.1 Å². The minimum atomic E-state index is 0.0917. The molecular formula is C21H34N4O2. The molecule has 2 fully saturated rings. The molecule has 2 amide bonds. The molecule has 1 aliphatic heterocycles. The van der Waals surface area contributed by atoms with Crippen LogP contribution in [0.15, 0.2) is 24.5 Å². The highest BCUT2D eigenvalue weighted by atomic mass is 16.5. The van der Waals surface area contributed by atoms with Crippen LogP contribution in [-0.2, 0) is 11.3 Å². The van der Waals surface area contributed by atoms with Crippen molar-refractivity contribution < 1.29 is 9.53 Å². The molecule has 0 aromatic carbocycles. The number of hydrogen-bond donors (Lipinski definition) is 1. The van der Waals surface area contributed by atoms with Crippen LogP contribution in [0, 0.1) is 5.92 Å². The molecule has 1 atom stereocenters. The molecule has 2 aliphatic rings. The van der Waals surface area contributed by atoms with Crippen LogP contribution < -0.4 is 5.32 Å². The molecule has 6 heteroatoms. The SMILES string of the molecule is COCCN1CC[C@H](CNC(=O)N(Cc2ccncc2)C2CCCCC2)C1. The van der Waals surface area contributed by atoms with E-state index in [1.54, 1.807) is 19.5 Å². The Morgan fingerprint density at radius 2 is 2.04 bits per heavy atom. The van der Waals surface area contributed by atoms with E-state index >= 15 is 0 Å². The van der Waals surface area contributed by atoms with Crippen LogP contribution in [0.25, 0.3) is 0 Å². The van der Waals surface area contributed by atoms with Gasteiger partial charge in [0.15, 0.2) is 0 Å². The van der Waals surface area contributed by atoms with Crippen LogP contribution in [0.1, 0.15) is 44.1 Å². The summed E-state index contributed by atoms with van der Waals surface area (Å²) < 4.78 is 5.17. The molecule has 1 aliphatic carbocycles. The number of methoxy groups -OCH3 is 1. The van der Waals surface area contributed by atoms with Crippen molar-refractivity contribution >= 4 is 6.03 Å². The van der Waals surface area contributed by atoms with Gasteiger partial charge in [-0.15, -0.1) is 0 Å². The highest BCUT2D eigenvalue weighted by Gasteiger charge is 2.27. The van der Waals surface area contributed by atoms with E-state index in [0.29, 0.717) is 18.5 Å². The smallest absolute Gasteiger partial charge is 0.317 e. The molecule has 1 saturated heterocycles. The summed E-state index contributed by atoms with van der Waals surface area (Å²) in [7, 11) is 1.75. The summed E-state index contributed by atoms with van der Waals surface area (Å²) in [5.41, 5.74) is 1.15. The molecular weight excluding hydrogens is 340 g/mol. The van der Waals surface area contributed by atoms with Gasteiger partial charge in [0.25, 0.3) is 0 Å². The lowest BCUT2D eigenvalue weighted by molar-refractivity contribution is 0.148. The zero-order valence-electron chi connectivity index (χ0n) is 16.6. The number of nitrogens with zero attached hydrogens (tertiary/aromatic N) is 3. The van der Waals surface area contributed by atoms with Crippen molar-refractivity contribution in [2.24, 2.45) is 5.92 Å². The monoisotopic (exact) mass is 374 g/mol. The van der Waals surface area contributed by atoms with Crippen molar-refractivity contribution in [3.63, 3.8) is 0 Å². The molecule has 27 heavy (non-hydrogen) atoms. The number of carbonyl (C=O) groups is 1. The summed E-state index contributed by atoms with van der Waals surface area (Å²) >= 11 is 0. The zero-order chi connectivity index (χ0) is 18.9. The Bertz CT molecular complexity index is 563. The molecule has 0 bridgehead atoms. The number of amides is 2. The first-order valence-electron chi connectivity index (χ1n) is 10.4. The fourth-order valence-electron chi connectivity index (χ4n) is 4.28. The summed E-state index contributed by atoms with van der Waals surface area (Å²) in [6.07, 6.45) is 10.7. The Morgan fingerprint density at radius 3 is 2.78 bits per heavy atom. The summed E-state index contributed by atoms with van der Waals surface area (Å²) in [6, 6.07) is 4.46. The number of aromatic nitrogens is 1. The van der Waals surface area contributed by atoms with E-state index in [1.807, 2.05) is 12.1 Å². The lowest BCUT2D eigenvalue weighted by Crippen LogP contribution is -2.47. The highest BCUT2D eigenvalue weighted by molar-refractivity contribution is 5.74. The van der Waals surface area contributed by atoms with Gasteiger partial charge in [-0.2, -0.15) is 0 Å². The van der Waals surface area contributed by atoms with Crippen LogP contribution in [0.2, 0.25) is 0 Å². The molecule has 1 saturated carbocycles. The maximum Gasteiger partial charge on any atom is 0.317 e. The fraction of sp³-hybridized carbons (Fsp3) is 0.714. The molecule has 1 aromatic heterocycles. The van der Waals surface area contributed by atoms with Crippen LogP contribution in [0.4, 0.5) is 4.79 Å². The number of carbonyl (C=O) groups excluding carboxylic acids is 1. The van der Waals surface area contributed by atoms with Gasteiger partial charge in [-0.05, 0) is 49.4 Å². The van der Waals surface area contributed by atoms with Gasteiger partial charge in [0, 0.05) is 51.7 Å². The predicted molar refractivity (Wildman–Crippen MR) is 106 cm³/mol. The second-order valence-electron chi connectivity index (χ2n) is 7.91. The van der Waals surface area contributed by atoms with Crippen molar-refractivity contribution in [3.05, 3.63) is 30.1 Å². The Labute approximate surface area is 163 Å². The first-order valence-corrected chi connectivity index (χ1v) is 10.4. The lowest BCUT2D eigenvalue weighted by Gasteiger charge is -2.34. The Hall–Kier alpha value is -1.66. The number of nitrogens with one attached hydrogen (secondary N) is 1. The maximum absolute atomic E-state index is 13.0. The third-order valence-corrected chi connectivity index (χ3v) is 5.90. The number of ether oxygens (including phenoxy) is 1. The van der Waals surface area contributed by atoms with Crippen LogP contribution in [0.5, 0.6) is 0 Å². The van der Waals surface area contributed by atoms with Crippen LogP contribution in [0.3, 0.4) is 0 Å². The second-order valence-corrected chi connectivity index (χ2v) is 7.91. The third-order valence-electron chi connectivity index (χ3n) is 5.90. The summed E-state index contributed by atoms with van der Waals surface area (Å²) in [6.45, 7) is 5.36. The molecule has 6 nitrogen and oxygen atoms in total. The van der Waals surface area contributed by atoms with Gasteiger partial charge in [0.05, 0.1) is 6.61 Å². The molecule has 1 N–H and O–H groups in total. The Kier molecular flexibility index (Phi) is 7.90. The lowest BCUT2D eigenvalue weighted by atomic mass is 9.94. The van der Waals surface area contributed by atoms with Gasteiger partial charge in [-0.25, -0.2) is 4.79 Å². The first kappa shape index (κ1) is 20.1. The van der Waals surface area contributed by atoms with Gasteiger partial charge in [0.2, 0.25) is 0 Å². The van der Waals surface area contributed by atoms with E-state index in [4.69, 9.17) is 4.74 Å². The Morgan fingerprint density at radius 1 is 1.26 bits per heavy atom. The quantitative estimate of drug-likeness (QED) is 0.760. The van der Waals surface area contributed by atoms with E-state index in [2.05, 4.69) is 20.1 Å². The van der Waals surface area contributed by atoms with E-state index in [-0.39, 0.29) is 6.03 Å². The van der Waals surface area contributed by atoms with Crippen LogP contribution in [-0.4, -0.2) is 66.8 Å². The predicted octanol–water partition coefficient (Wildman–Crippen LogP) is 2.89. The Balaban J connectivity index is 1.53. The van der Waals surface area contributed by atoms with Crippen molar-refractivity contribution in [1.29, 1.82) is 0 Å². The minimum Gasteiger partial charge on any atom is -0.383 e. The van der Waals surface area contributed by atoms with E-state index in [0.717, 1.165) is 57.6 Å². The first-order chi connectivity index (χ1) is 13.3. The summed E-state index contributed by atoms with van der Waals surface area (Å²) in [4.78, 5) is 21.6. The molecule has 2 heterocycles. The minimum absolute atomic E-state index is 0.0917. The van der Waals surface area contributed by atoms with Crippen molar-refractivity contribution in [2.75, 3.05) is 39.9 Å². The number of rotatable bonds is 8. The second kappa shape index (κ2) is 10.6. The van der Waals surface area contributed by atoms with E-state index < -0.39 is 0 Å². The van der Waals surface area contributed by atoms with Crippen molar-refractivity contribution in [3.8, 4) is 0 Å². The molecule has 1 aromatic rings. The molecule has 0 unspecified atom stereocenters. The van der Waals surface area contributed by atoms with Gasteiger partial charge < -0.3 is 19.9 Å². The third kappa shape index (κ3) is 6.18. The summed E-state index contributed by atoms with van der Waals surface area (Å²) in [5, 5.41) is 3.23. The van der Waals surface area contributed by atoms with E-state index in [9.17, 15) is 4.79 Å². The number of urea groups is 1. The summed E-state index contributed by atoms with van der Waals surface area (Å²) in [5.74, 6) is 0.542. The van der Waals surface area contributed by atoms with Crippen LogP contribution >= 0.6 is 0 Å². The highest BCUT2D eigenvalue weighted by Crippen LogP contribution is 2.24. The topological polar surface area (TPSA) is 57.7 Å². The normalized spacial score (nSPS) is 21.3. The van der Waals surface area contributed by atoms with E-state index in [1.165, 1.54) is 19.3 Å².